The van der Waals surface area contributed by atoms with Crippen LogP contribution in [0.3, 0.4) is 0 Å². The number of aliphatic carboxylic acids is 2. The second-order valence-corrected chi connectivity index (χ2v) is 15.2. The van der Waals surface area contributed by atoms with Crippen molar-refractivity contribution in [3.63, 3.8) is 0 Å². The number of carbonyl (C=O) groups excluding carboxylic acids is 5. The third-order valence-corrected chi connectivity index (χ3v) is 9.92. The average molecular weight is 894 g/mol. The summed E-state index contributed by atoms with van der Waals surface area (Å²) in [7, 11) is 0. The lowest BCUT2D eigenvalue weighted by atomic mass is 9.94. The van der Waals surface area contributed by atoms with E-state index in [1.165, 1.54) is 44.9 Å². The molecule has 0 spiro atoms. The van der Waals surface area contributed by atoms with E-state index in [2.05, 4.69) is 26.6 Å². The zero-order valence-corrected chi connectivity index (χ0v) is 36.5. The van der Waals surface area contributed by atoms with Gasteiger partial charge in [-0.25, -0.2) is 0 Å². The van der Waals surface area contributed by atoms with Crippen molar-refractivity contribution >= 4 is 57.0 Å². The lowest BCUT2D eigenvalue weighted by molar-refractivity contribution is -0.144. The summed E-state index contributed by atoms with van der Waals surface area (Å²) >= 11 is 3.09. The van der Waals surface area contributed by atoms with Crippen LogP contribution in [0.15, 0.2) is 0 Å². The smallest absolute Gasteiger partial charge is 0.306 e. The van der Waals surface area contributed by atoms with Crippen LogP contribution < -0.4 is 10.6 Å². The molecule has 0 aromatic rings. The molecule has 0 aromatic carbocycles. The largest absolute Gasteiger partial charge is 0.481 e. The topological polar surface area (TPSA) is 221 Å². The fraction of sp³-hybridized carbons (Fsp3) is 0.833. The van der Waals surface area contributed by atoms with Crippen molar-refractivity contribution < 1.29 is 62.7 Å². The molecule has 0 aliphatic heterocycles. The van der Waals surface area contributed by atoms with Gasteiger partial charge in [0.25, 0.3) is 0 Å². The van der Waals surface area contributed by atoms with E-state index in [-0.39, 0.29) is 101 Å². The molecule has 0 aromatic heterocycles. The Morgan fingerprint density at radius 1 is 0.448 bits per heavy atom. The summed E-state index contributed by atoms with van der Waals surface area (Å²) in [5.41, 5.74) is 0. The summed E-state index contributed by atoms with van der Waals surface area (Å²) in [4.78, 5) is 81.7. The van der Waals surface area contributed by atoms with Gasteiger partial charge >= 0.3 is 11.9 Å². The molecule has 0 fully saturated rings. The molecule has 0 unspecified atom stereocenters. The van der Waals surface area contributed by atoms with Crippen LogP contribution in [0.5, 0.6) is 0 Å². The molecule has 2 amide bonds. The van der Waals surface area contributed by atoms with Crippen LogP contribution in [0.1, 0.15) is 148 Å². The third kappa shape index (κ3) is 40.0. The Labute approximate surface area is 354 Å². The molecule has 4 N–H and O–H groups in total. The summed E-state index contributed by atoms with van der Waals surface area (Å²) < 4.78 is 21.4. The molecule has 0 aliphatic rings. The van der Waals surface area contributed by atoms with Crippen LogP contribution in [0.25, 0.3) is 0 Å². The standard InChI is InChI=1S/C42H73BrN2O13/c43-32-37(47)18-15-23-44-40(50)34-58-30-27-55-25-16-19-38(48)33-57-29-28-56-26-24-45-39(49)22-21-35(42(53)54)31-36(46)17-13-11-9-7-5-3-1-2-4-6-8-10-12-14-20-41(51)52/h35H,1-34H2,(H,44,50)(H,45,49)(H,51,52)(H,53,54)/t35-/m1/s1. The van der Waals surface area contributed by atoms with Crippen molar-refractivity contribution in [3.8, 4) is 0 Å². The van der Waals surface area contributed by atoms with Crippen LogP contribution in [-0.4, -0.2) is 123 Å². The molecular weight excluding hydrogens is 820 g/mol. The average Bonchev–Trinajstić information content (AvgIpc) is 3.19. The monoisotopic (exact) mass is 892 g/mol. The quantitative estimate of drug-likeness (QED) is 0.0399. The van der Waals surface area contributed by atoms with Gasteiger partial charge in [0.1, 0.15) is 24.8 Å². The fourth-order valence-electron chi connectivity index (χ4n) is 5.93. The highest BCUT2D eigenvalue weighted by molar-refractivity contribution is 9.09. The van der Waals surface area contributed by atoms with Crippen molar-refractivity contribution in [3.05, 3.63) is 0 Å². The molecule has 0 rings (SSSR count). The van der Waals surface area contributed by atoms with Gasteiger partial charge in [-0.05, 0) is 32.1 Å². The van der Waals surface area contributed by atoms with Crippen molar-refractivity contribution in [1.82, 2.24) is 10.6 Å². The number of ketones is 3. The maximum absolute atomic E-state index is 12.4. The first-order valence-corrected chi connectivity index (χ1v) is 22.6. The van der Waals surface area contributed by atoms with Gasteiger partial charge in [0.15, 0.2) is 5.78 Å². The van der Waals surface area contributed by atoms with Gasteiger partial charge in [0.05, 0.1) is 44.3 Å². The first-order valence-electron chi connectivity index (χ1n) is 21.4. The zero-order valence-electron chi connectivity index (χ0n) is 34.9. The number of unbranched alkanes of at least 4 members (excludes halogenated alkanes) is 13. The van der Waals surface area contributed by atoms with Crippen LogP contribution in [0.4, 0.5) is 0 Å². The number of rotatable bonds is 45. The van der Waals surface area contributed by atoms with Crippen molar-refractivity contribution in [2.24, 2.45) is 5.92 Å². The molecule has 0 bridgehead atoms. The van der Waals surface area contributed by atoms with E-state index in [1.807, 2.05) is 0 Å². The minimum absolute atomic E-state index is 0.00537. The Morgan fingerprint density at radius 2 is 0.931 bits per heavy atom. The van der Waals surface area contributed by atoms with Crippen LogP contribution in [-0.2, 0) is 52.5 Å². The Balaban J connectivity index is 3.65. The van der Waals surface area contributed by atoms with Crippen molar-refractivity contribution in [2.45, 2.75) is 148 Å². The molecule has 58 heavy (non-hydrogen) atoms. The van der Waals surface area contributed by atoms with Gasteiger partial charge in [0.2, 0.25) is 11.8 Å². The SMILES string of the molecule is O=C(O)CCCCCCCCCCCCCCCCC(=O)C[C@@H](CCC(=O)NCCOCCOCC(=O)CCCOCCOCC(=O)NCCCC(=O)CBr)C(=O)O. The highest BCUT2D eigenvalue weighted by Crippen LogP contribution is 2.17. The van der Waals surface area contributed by atoms with Crippen LogP contribution in [0, 0.1) is 5.92 Å². The number of Topliss-reactive ketones (excluding diaryl/α,β-unsaturated/α-hetero) is 3. The summed E-state index contributed by atoms with van der Waals surface area (Å²) in [6.07, 6.45) is 17.8. The minimum atomic E-state index is -1.07. The number of nitrogens with one attached hydrogen (secondary N) is 2. The number of carboxylic acids is 2. The molecule has 15 nitrogen and oxygen atoms in total. The van der Waals surface area contributed by atoms with Gasteiger partial charge < -0.3 is 39.8 Å². The normalized spacial score (nSPS) is 11.6. The lowest BCUT2D eigenvalue weighted by Crippen LogP contribution is -2.29. The van der Waals surface area contributed by atoms with E-state index in [0.29, 0.717) is 57.2 Å². The van der Waals surface area contributed by atoms with Crippen LogP contribution in [0.2, 0.25) is 0 Å². The highest BCUT2D eigenvalue weighted by Gasteiger charge is 2.22. The van der Waals surface area contributed by atoms with E-state index < -0.39 is 17.9 Å². The fourth-order valence-corrected chi connectivity index (χ4v) is 6.21. The Morgan fingerprint density at radius 3 is 1.50 bits per heavy atom. The number of amides is 2. The number of hydrogen-bond acceptors (Lipinski definition) is 11. The Kier molecular flexibility index (Phi) is 39.0. The van der Waals surface area contributed by atoms with Gasteiger partial charge in [-0.1, -0.05) is 93.0 Å². The highest BCUT2D eigenvalue weighted by atomic mass is 79.9. The molecule has 0 aliphatic carbocycles. The van der Waals surface area contributed by atoms with E-state index in [4.69, 9.17) is 24.1 Å². The first-order chi connectivity index (χ1) is 28.0. The molecule has 0 saturated carbocycles. The predicted octanol–water partition coefficient (Wildman–Crippen LogP) is 6.15. The van der Waals surface area contributed by atoms with Crippen LogP contribution >= 0.6 is 15.9 Å². The number of carbonyl (C=O) groups is 7. The van der Waals surface area contributed by atoms with E-state index in [0.717, 1.165) is 44.9 Å². The summed E-state index contributed by atoms with van der Waals surface area (Å²) in [6.45, 7) is 2.14. The molecule has 336 valence electrons. The molecule has 1 atom stereocenters. The first kappa shape index (κ1) is 55.2. The van der Waals surface area contributed by atoms with Crippen molar-refractivity contribution in [1.29, 1.82) is 0 Å². The van der Waals surface area contributed by atoms with E-state index in [1.54, 1.807) is 0 Å². The second kappa shape index (κ2) is 41.0. The number of ether oxygens (including phenoxy) is 4. The number of hydrogen-bond donors (Lipinski definition) is 4. The maximum Gasteiger partial charge on any atom is 0.306 e. The molecule has 16 heteroatoms. The zero-order chi connectivity index (χ0) is 42.9. The molecule has 0 saturated heterocycles. The maximum atomic E-state index is 12.4. The predicted molar refractivity (Wildman–Crippen MR) is 223 cm³/mol. The number of carboxylic acid groups (broad SMARTS) is 2. The van der Waals surface area contributed by atoms with Gasteiger partial charge in [-0.3, -0.25) is 33.6 Å². The molecular formula is C42H73BrN2O13. The summed E-state index contributed by atoms with van der Waals surface area (Å²) in [5.74, 6) is -3.27. The minimum Gasteiger partial charge on any atom is -0.481 e. The van der Waals surface area contributed by atoms with Gasteiger partial charge in [-0.2, -0.15) is 0 Å². The third-order valence-electron chi connectivity index (χ3n) is 9.30. The number of alkyl halides is 1. The lowest BCUT2D eigenvalue weighted by Gasteiger charge is -2.12. The Bertz CT molecular complexity index is 1120. The summed E-state index contributed by atoms with van der Waals surface area (Å²) in [6, 6.07) is 0. The van der Waals surface area contributed by atoms with E-state index in [9.17, 15) is 38.7 Å². The van der Waals surface area contributed by atoms with E-state index >= 15 is 0 Å². The molecule has 0 heterocycles. The second-order valence-electron chi connectivity index (χ2n) is 14.6. The van der Waals surface area contributed by atoms with Gasteiger partial charge in [0, 0.05) is 58.2 Å². The summed E-state index contributed by atoms with van der Waals surface area (Å²) in [5, 5.41) is 23.9. The number of halogens is 1. The van der Waals surface area contributed by atoms with Gasteiger partial charge in [-0.15, -0.1) is 0 Å². The van der Waals surface area contributed by atoms with Crippen molar-refractivity contribution in [2.75, 3.05) is 71.3 Å². The molecule has 0 radical (unpaired) electrons. The Hall–Kier alpha value is -2.79.